The van der Waals surface area contributed by atoms with Gasteiger partial charge in [-0.15, -0.1) is 0 Å². The zero-order valence-corrected chi connectivity index (χ0v) is 17.7. The number of hydrogen-bond acceptors (Lipinski definition) is 6. The summed E-state index contributed by atoms with van der Waals surface area (Å²) in [5.74, 6) is 0. The van der Waals surface area contributed by atoms with E-state index in [1.165, 1.54) is 12.1 Å². The molecule has 0 spiro atoms. The monoisotopic (exact) mass is 451 g/mol. The number of rotatable bonds is 5. The maximum Gasteiger partial charge on any atom is 0.278 e. The second kappa shape index (κ2) is 8.34. The molecule has 8 heteroatoms. The Morgan fingerprint density at radius 3 is 1.88 bits per heavy atom. The molecule has 0 aromatic heterocycles. The number of hydrogen-bond donors (Lipinski definition) is 1. The molecule has 0 saturated heterocycles. The van der Waals surface area contributed by atoms with Crippen LogP contribution in [-0.4, -0.2) is 20.7 Å². The second-order valence-electron chi connectivity index (χ2n) is 7.84. The van der Waals surface area contributed by atoms with Gasteiger partial charge in [-0.1, -0.05) is 60.7 Å². The van der Waals surface area contributed by atoms with Gasteiger partial charge in [0, 0.05) is 23.3 Å². The fourth-order valence-corrected chi connectivity index (χ4v) is 4.13. The van der Waals surface area contributed by atoms with E-state index in [9.17, 15) is 25.3 Å². The van der Waals surface area contributed by atoms with E-state index in [2.05, 4.69) is 4.99 Å². The molecule has 0 unspecified atom stereocenters. The molecule has 1 N–H and O–H groups in total. The van der Waals surface area contributed by atoms with Crippen molar-refractivity contribution in [3.05, 3.63) is 122 Å². The summed E-state index contributed by atoms with van der Waals surface area (Å²) >= 11 is 0. The molecule has 0 heterocycles. The molecule has 1 aliphatic rings. The maximum absolute atomic E-state index is 11.3. The lowest BCUT2D eigenvalue weighted by atomic mass is 9.98. The molecule has 0 bridgehead atoms. The van der Waals surface area contributed by atoms with E-state index in [0.717, 1.165) is 45.0 Å². The number of benzene rings is 4. The van der Waals surface area contributed by atoms with E-state index >= 15 is 0 Å². The molecule has 0 aliphatic heterocycles. The normalized spacial score (nSPS) is 12.9. The minimum absolute atomic E-state index is 0.0358. The van der Waals surface area contributed by atoms with Crippen LogP contribution in [0.2, 0.25) is 0 Å². The predicted molar refractivity (Wildman–Crippen MR) is 128 cm³/mol. The summed E-state index contributed by atoms with van der Waals surface area (Å²) in [5.41, 5.74) is 6.27. The van der Waals surface area contributed by atoms with Crippen molar-refractivity contribution in [1.82, 2.24) is 0 Å². The van der Waals surface area contributed by atoms with Crippen LogP contribution in [0.4, 0.5) is 17.1 Å². The van der Waals surface area contributed by atoms with Gasteiger partial charge in [0.15, 0.2) is 0 Å². The van der Waals surface area contributed by atoms with Crippen LogP contribution < -0.4 is 0 Å². The highest BCUT2D eigenvalue weighted by Crippen LogP contribution is 2.40. The summed E-state index contributed by atoms with van der Waals surface area (Å²) in [4.78, 5) is 26.0. The van der Waals surface area contributed by atoms with Gasteiger partial charge in [-0.05, 0) is 33.9 Å². The molecular formula is C26H17N3O5. The Kier molecular flexibility index (Phi) is 5.19. The van der Waals surface area contributed by atoms with Gasteiger partial charge in [0.05, 0.1) is 33.9 Å². The van der Waals surface area contributed by atoms with Crippen molar-refractivity contribution < 1.29 is 15.0 Å². The highest BCUT2D eigenvalue weighted by molar-refractivity contribution is 6.25. The minimum Gasteiger partial charge on any atom is -0.392 e. The third-order valence-corrected chi connectivity index (χ3v) is 5.77. The highest BCUT2D eigenvalue weighted by Gasteiger charge is 2.26. The average molecular weight is 451 g/mol. The summed E-state index contributed by atoms with van der Waals surface area (Å²) in [6, 6.07) is 24.6. The van der Waals surface area contributed by atoms with Gasteiger partial charge in [-0.2, -0.15) is 0 Å². The van der Waals surface area contributed by atoms with Gasteiger partial charge in [-0.25, -0.2) is 4.99 Å². The Bertz CT molecular complexity index is 1460. The van der Waals surface area contributed by atoms with Crippen molar-refractivity contribution in [3.8, 4) is 22.3 Å². The standard InChI is InChI=1S/C26H17N3O5/c30-15-16-5-7-17(8-6-16)18-9-10-23-22-3-1-2-4-24(22)26(25(23)11-18)27-19-12-20(28(31)32)14-21(13-19)29(33)34/h1-14,30H,15H2. The first-order valence-electron chi connectivity index (χ1n) is 10.4. The molecule has 1 aliphatic carbocycles. The van der Waals surface area contributed by atoms with Crippen molar-refractivity contribution in [2.75, 3.05) is 0 Å². The Labute approximate surface area is 193 Å². The lowest BCUT2D eigenvalue weighted by molar-refractivity contribution is -0.394. The van der Waals surface area contributed by atoms with Crippen molar-refractivity contribution >= 4 is 22.8 Å². The Hall–Kier alpha value is -4.69. The molecule has 166 valence electrons. The van der Waals surface area contributed by atoms with Crippen LogP contribution >= 0.6 is 0 Å². The van der Waals surface area contributed by atoms with Crippen molar-refractivity contribution in [2.24, 2.45) is 4.99 Å². The Morgan fingerprint density at radius 1 is 0.676 bits per heavy atom. The third-order valence-electron chi connectivity index (χ3n) is 5.77. The molecule has 0 atom stereocenters. The fourth-order valence-electron chi connectivity index (χ4n) is 4.13. The summed E-state index contributed by atoms with van der Waals surface area (Å²) in [5, 5.41) is 32.0. The number of aliphatic hydroxyl groups is 1. The molecular weight excluding hydrogens is 434 g/mol. The molecule has 0 radical (unpaired) electrons. The van der Waals surface area contributed by atoms with Gasteiger partial charge in [0.1, 0.15) is 0 Å². The van der Waals surface area contributed by atoms with Crippen molar-refractivity contribution in [2.45, 2.75) is 6.61 Å². The summed E-state index contributed by atoms with van der Waals surface area (Å²) in [6.07, 6.45) is 0. The van der Waals surface area contributed by atoms with Crippen LogP contribution in [0.5, 0.6) is 0 Å². The van der Waals surface area contributed by atoms with Crippen LogP contribution in [0.15, 0.2) is 89.9 Å². The topological polar surface area (TPSA) is 119 Å². The molecule has 0 amide bonds. The van der Waals surface area contributed by atoms with E-state index in [-0.39, 0.29) is 12.3 Å². The van der Waals surface area contributed by atoms with Crippen molar-refractivity contribution in [3.63, 3.8) is 0 Å². The molecule has 5 rings (SSSR count). The summed E-state index contributed by atoms with van der Waals surface area (Å²) in [6.45, 7) is -0.0358. The third kappa shape index (κ3) is 3.72. The van der Waals surface area contributed by atoms with Crippen LogP contribution in [0.1, 0.15) is 16.7 Å². The molecule has 0 saturated carbocycles. The van der Waals surface area contributed by atoms with E-state index in [1.807, 2.05) is 66.7 Å². The van der Waals surface area contributed by atoms with Gasteiger partial charge in [0.25, 0.3) is 11.4 Å². The minimum atomic E-state index is -0.665. The fraction of sp³-hybridized carbons (Fsp3) is 0.0385. The highest BCUT2D eigenvalue weighted by atomic mass is 16.6. The molecule has 0 fully saturated rings. The number of nitrogens with zero attached hydrogens (tertiary/aromatic N) is 3. The molecule has 8 nitrogen and oxygen atoms in total. The van der Waals surface area contributed by atoms with Gasteiger partial charge >= 0.3 is 0 Å². The maximum atomic E-state index is 11.3. The number of aliphatic imine (C=N–C) groups is 1. The molecule has 34 heavy (non-hydrogen) atoms. The molecule has 4 aromatic rings. The van der Waals surface area contributed by atoms with E-state index < -0.39 is 21.2 Å². The average Bonchev–Trinajstić information content (AvgIpc) is 3.16. The quantitative estimate of drug-likeness (QED) is 0.267. The van der Waals surface area contributed by atoms with Crippen LogP contribution in [0, 0.1) is 20.2 Å². The van der Waals surface area contributed by atoms with E-state index in [0.29, 0.717) is 5.71 Å². The lowest BCUT2D eigenvalue weighted by Gasteiger charge is -2.08. The summed E-state index contributed by atoms with van der Waals surface area (Å²) in [7, 11) is 0. The van der Waals surface area contributed by atoms with Gasteiger partial charge in [-0.3, -0.25) is 20.2 Å². The van der Waals surface area contributed by atoms with Crippen LogP contribution in [-0.2, 0) is 6.61 Å². The van der Waals surface area contributed by atoms with Crippen LogP contribution in [0.25, 0.3) is 22.3 Å². The first-order chi connectivity index (χ1) is 16.4. The molecule has 4 aromatic carbocycles. The Morgan fingerprint density at radius 2 is 1.26 bits per heavy atom. The number of nitro groups is 2. The van der Waals surface area contributed by atoms with Gasteiger partial charge < -0.3 is 5.11 Å². The van der Waals surface area contributed by atoms with E-state index in [4.69, 9.17) is 0 Å². The number of aliphatic hydroxyl groups excluding tert-OH is 1. The number of non-ortho nitro benzene ring substituents is 2. The van der Waals surface area contributed by atoms with Gasteiger partial charge in [0.2, 0.25) is 0 Å². The SMILES string of the molecule is O=[N+]([O-])c1cc(N=C2c3ccccc3-c3ccc(-c4ccc(CO)cc4)cc32)cc([N+](=O)[O-])c1. The Balaban J connectivity index is 1.69. The second-order valence-corrected chi connectivity index (χ2v) is 7.84. The van der Waals surface area contributed by atoms with E-state index in [1.54, 1.807) is 0 Å². The smallest absolute Gasteiger partial charge is 0.278 e. The van der Waals surface area contributed by atoms with Crippen molar-refractivity contribution in [1.29, 1.82) is 0 Å². The first-order valence-corrected chi connectivity index (χ1v) is 10.4. The summed E-state index contributed by atoms with van der Waals surface area (Å²) < 4.78 is 0. The number of nitro benzene ring substituents is 2. The lowest BCUT2D eigenvalue weighted by Crippen LogP contribution is -1.99. The zero-order valence-electron chi connectivity index (χ0n) is 17.7. The number of fused-ring (bicyclic) bond motifs is 3. The van der Waals surface area contributed by atoms with Crippen LogP contribution in [0.3, 0.4) is 0 Å². The predicted octanol–water partition coefficient (Wildman–Crippen LogP) is 5.81. The zero-order chi connectivity index (χ0) is 23.8. The largest absolute Gasteiger partial charge is 0.392 e. The first kappa shape index (κ1) is 21.2.